The van der Waals surface area contributed by atoms with Gasteiger partial charge in [-0.2, -0.15) is 0 Å². The average molecular weight is 522 g/mol. The summed E-state index contributed by atoms with van der Waals surface area (Å²) in [4.78, 5) is 24.7. The standard InChI is InChI=1S/C32H35N5O2/c1-20-4-5-23(18-28(20)22-6-10-29-24(17-22)19-33-32(36-29)35-25-7-8-25)31(38)34-26-9-11-30(21(2)16-26)39-27-12-14-37(3)15-13-27/h4-6,9-11,16-19,25,27H,7-8,12-15H2,1-3H3,(H,34,38)(H,33,35,36). The molecular formula is C32H35N5O2. The fourth-order valence-electron chi connectivity index (χ4n) is 5.10. The minimum Gasteiger partial charge on any atom is -0.490 e. The zero-order valence-electron chi connectivity index (χ0n) is 22.8. The Morgan fingerprint density at radius 1 is 0.949 bits per heavy atom. The summed E-state index contributed by atoms with van der Waals surface area (Å²) in [6.07, 6.45) is 6.54. The maximum absolute atomic E-state index is 13.2. The molecule has 7 nitrogen and oxygen atoms in total. The van der Waals surface area contributed by atoms with Crippen LogP contribution in [0.1, 0.15) is 47.2 Å². The van der Waals surface area contributed by atoms with Crippen molar-refractivity contribution in [3.8, 4) is 16.9 Å². The molecule has 0 bridgehead atoms. The van der Waals surface area contributed by atoms with Gasteiger partial charge in [-0.05, 0) is 111 Å². The predicted octanol–water partition coefficient (Wildman–Crippen LogP) is 6.21. The molecule has 3 aromatic carbocycles. The first kappa shape index (κ1) is 25.3. The molecule has 1 aliphatic carbocycles. The number of aryl methyl sites for hydroxylation is 2. The first-order chi connectivity index (χ1) is 18.9. The fraction of sp³-hybridized carbons (Fsp3) is 0.344. The van der Waals surface area contributed by atoms with Gasteiger partial charge in [0, 0.05) is 42.0 Å². The zero-order chi connectivity index (χ0) is 26.9. The van der Waals surface area contributed by atoms with E-state index in [-0.39, 0.29) is 12.0 Å². The molecule has 39 heavy (non-hydrogen) atoms. The predicted molar refractivity (Wildman–Crippen MR) is 157 cm³/mol. The molecule has 1 aromatic heterocycles. The van der Waals surface area contributed by atoms with E-state index in [1.807, 2.05) is 55.6 Å². The molecule has 0 spiro atoms. The van der Waals surface area contributed by atoms with Gasteiger partial charge in [-0.3, -0.25) is 4.79 Å². The van der Waals surface area contributed by atoms with Gasteiger partial charge < -0.3 is 20.3 Å². The number of rotatable bonds is 7. The minimum atomic E-state index is -0.139. The number of hydrogen-bond acceptors (Lipinski definition) is 6. The van der Waals surface area contributed by atoms with Crippen molar-refractivity contribution >= 4 is 28.4 Å². The maximum Gasteiger partial charge on any atom is 0.255 e. The van der Waals surface area contributed by atoms with Gasteiger partial charge in [0.15, 0.2) is 0 Å². The molecule has 1 saturated carbocycles. The van der Waals surface area contributed by atoms with E-state index in [9.17, 15) is 4.79 Å². The number of hydrogen-bond donors (Lipinski definition) is 2. The van der Waals surface area contributed by atoms with Gasteiger partial charge in [0.25, 0.3) is 5.91 Å². The van der Waals surface area contributed by atoms with Gasteiger partial charge in [0.1, 0.15) is 11.9 Å². The first-order valence-corrected chi connectivity index (χ1v) is 13.8. The van der Waals surface area contributed by atoms with E-state index in [2.05, 4.69) is 51.6 Å². The molecule has 6 rings (SSSR count). The highest BCUT2D eigenvalue weighted by Crippen LogP contribution is 2.30. The third-order valence-corrected chi connectivity index (χ3v) is 7.69. The van der Waals surface area contributed by atoms with Gasteiger partial charge in [0.2, 0.25) is 5.95 Å². The summed E-state index contributed by atoms with van der Waals surface area (Å²) in [5.41, 5.74) is 6.45. The zero-order valence-corrected chi connectivity index (χ0v) is 22.8. The third-order valence-electron chi connectivity index (χ3n) is 7.69. The highest BCUT2D eigenvalue weighted by Gasteiger charge is 2.22. The van der Waals surface area contributed by atoms with Crippen LogP contribution in [0.3, 0.4) is 0 Å². The fourth-order valence-corrected chi connectivity index (χ4v) is 5.10. The monoisotopic (exact) mass is 521 g/mol. The Labute approximate surface area is 229 Å². The molecule has 200 valence electrons. The number of ether oxygens (including phenoxy) is 1. The summed E-state index contributed by atoms with van der Waals surface area (Å²) in [5, 5.41) is 7.39. The van der Waals surface area contributed by atoms with E-state index in [1.165, 1.54) is 12.8 Å². The largest absolute Gasteiger partial charge is 0.490 e. The van der Waals surface area contributed by atoms with Crippen LogP contribution < -0.4 is 15.4 Å². The quantitative estimate of drug-likeness (QED) is 0.301. The SMILES string of the molecule is Cc1cc(NC(=O)c2ccc(C)c(-c3ccc4nc(NC5CC5)ncc4c3)c2)ccc1OC1CCN(C)CC1. The number of benzene rings is 3. The van der Waals surface area contributed by atoms with Crippen molar-refractivity contribution in [1.29, 1.82) is 0 Å². The van der Waals surface area contributed by atoms with Crippen LogP contribution in [-0.4, -0.2) is 53.1 Å². The number of nitrogens with one attached hydrogen (secondary N) is 2. The van der Waals surface area contributed by atoms with Crippen molar-refractivity contribution in [1.82, 2.24) is 14.9 Å². The molecule has 4 aromatic rings. The summed E-state index contributed by atoms with van der Waals surface area (Å²) in [5.74, 6) is 1.43. The van der Waals surface area contributed by atoms with Crippen LogP contribution in [0.5, 0.6) is 5.75 Å². The van der Waals surface area contributed by atoms with Gasteiger partial charge >= 0.3 is 0 Å². The third kappa shape index (κ3) is 5.88. The number of nitrogens with zero attached hydrogens (tertiary/aromatic N) is 3. The summed E-state index contributed by atoms with van der Waals surface area (Å²) >= 11 is 0. The number of piperidine rings is 1. The molecule has 1 aliphatic heterocycles. The molecule has 2 fully saturated rings. The van der Waals surface area contributed by atoms with Gasteiger partial charge in [-0.15, -0.1) is 0 Å². The summed E-state index contributed by atoms with van der Waals surface area (Å²) in [6, 6.07) is 18.4. The molecule has 2 aliphatic rings. The van der Waals surface area contributed by atoms with E-state index in [0.29, 0.717) is 17.6 Å². The molecule has 1 saturated heterocycles. The molecule has 0 atom stereocenters. The molecule has 7 heteroatoms. The second-order valence-corrected chi connectivity index (χ2v) is 11.0. The molecule has 0 unspecified atom stereocenters. The van der Waals surface area contributed by atoms with Crippen molar-refractivity contribution in [2.75, 3.05) is 30.8 Å². The van der Waals surface area contributed by atoms with Gasteiger partial charge in [-0.25, -0.2) is 9.97 Å². The van der Waals surface area contributed by atoms with Crippen LogP contribution >= 0.6 is 0 Å². The molecular weight excluding hydrogens is 486 g/mol. The lowest BCUT2D eigenvalue weighted by Gasteiger charge is -2.29. The van der Waals surface area contributed by atoms with E-state index in [1.54, 1.807) is 0 Å². The number of anilines is 2. The van der Waals surface area contributed by atoms with Crippen molar-refractivity contribution in [3.63, 3.8) is 0 Å². The van der Waals surface area contributed by atoms with Crippen molar-refractivity contribution < 1.29 is 9.53 Å². The van der Waals surface area contributed by atoms with E-state index in [0.717, 1.165) is 70.5 Å². The lowest BCUT2D eigenvalue weighted by molar-refractivity contribution is 0.102. The van der Waals surface area contributed by atoms with E-state index >= 15 is 0 Å². The van der Waals surface area contributed by atoms with Crippen LogP contribution in [-0.2, 0) is 0 Å². The summed E-state index contributed by atoms with van der Waals surface area (Å²) in [7, 11) is 2.15. The van der Waals surface area contributed by atoms with Crippen LogP contribution in [0.2, 0.25) is 0 Å². The Morgan fingerprint density at radius 3 is 2.54 bits per heavy atom. The number of aromatic nitrogens is 2. The topological polar surface area (TPSA) is 79.4 Å². The number of likely N-dealkylation sites (tertiary alicyclic amines) is 1. The van der Waals surface area contributed by atoms with Crippen LogP contribution in [0.4, 0.5) is 11.6 Å². The first-order valence-electron chi connectivity index (χ1n) is 13.8. The lowest BCUT2D eigenvalue weighted by atomic mass is 9.97. The van der Waals surface area contributed by atoms with Crippen molar-refractivity contribution in [2.24, 2.45) is 0 Å². The second-order valence-electron chi connectivity index (χ2n) is 11.0. The second kappa shape index (κ2) is 10.7. The lowest BCUT2D eigenvalue weighted by Crippen LogP contribution is -2.35. The van der Waals surface area contributed by atoms with Crippen LogP contribution in [0, 0.1) is 13.8 Å². The highest BCUT2D eigenvalue weighted by atomic mass is 16.5. The van der Waals surface area contributed by atoms with Crippen LogP contribution in [0.15, 0.2) is 60.8 Å². The number of carbonyl (C=O) groups is 1. The van der Waals surface area contributed by atoms with Crippen molar-refractivity contribution in [2.45, 2.75) is 51.7 Å². The maximum atomic E-state index is 13.2. The number of carbonyl (C=O) groups excluding carboxylic acids is 1. The Morgan fingerprint density at radius 2 is 1.77 bits per heavy atom. The molecule has 2 heterocycles. The minimum absolute atomic E-state index is 0.139. The summed E-state index contributed by atoms with van der Waals surface area (Å²) in [6.45, 7) is 6.20. The highest BCUT2D eigenvalue weighted by molar-refractivity contribution is 6.05. The van der Waals surface area contributed by atoms with Gasteiger partial charge in [0.05, 0.1) is 5.52 Å². The smallest absolute Gasteiger partial charge is 0.255 e. The van der Waals surface area contributed by atoms with Crippen LogP contribution in [0.25, 0.3) is 22.0 Å². The normalized spacial score (nSPS) is 16.3. The van der Waals surface area contributed by atoms with E-state index in [4.69, 9.17) is 4.74 Å². The molecule has 0 radical (unpaired) electrons. The molecule has 1 amide bonds. The summed E-state index contributed by atoms with van der Waals surface area (Å²) < 4.78 is 6.26. The van der Waals surface area contributed by atoms with Crippen molar-refractivity contribution in [3.05, 3.63) is 77.5 Å². The Balaban J connectivity index is 1.17. The van der Waals surface area contributed by atoms with Gasteiger partial charge in [-0.1, -0.05) is 12.1 Å². The van der Waals surface area contributed by atoms with E-state index < -0.39 is 0 Å². The Kier molecular flexibility index (Phi) is 6.92. The molecule has 2 N–H and O–H groups in total. The Bertz CT molecular complexity index is 1520. The number of amides is 1. The number of fused-ring (bicyclic) bond motifs is 1. The Hall–Kier alpha value is -3.97. The average Bonchev–Trinajstić information content (AvgIpc) is 3.75.